The van der Waals surface area contributed by atoms with Gasteiger partial charge in [0, 0.05) is 6.92 Å². The normalized spacial score (nSPS) is 31.7. The molecule has 0 aromatic rings. The lowest BCUT2D eigenvalue weighted by molar-refractivity contribution is -0.172. The highest BCUT2D eigenvalue weighted by molar-refractivity contribution is 5.70. The second kappa shape index (κ2) is 6.50. The Kier molecular flexibility index (Phi) is 5.13. The van der Waals surface area contributed by atoms with Crippen molar-refractivity contribution in [3.8, 4) is 0 Å². The molecule has 1 amide bonds. The fourth-order valence-corrected chi connectivity index (χ4v) is 3.13. The summed E-state index contributed by atoms with van der Waals surface area (Å²) in [5.41, 5.74) is -0.693. The van der Waals surface area contributed by atoms with Gasteiger partial charge in [0.1, 0.15) is 24.4 Å². The smallest absolute Gasteiger partial charge is 0.411 e. The van der Waals surface area contributed by atoms with Crippen LogP contribution in [0.3, 0.4) is 0 Å². The number of ether oxygens (including phenoxy) is 4. The van der Waals surface area contributed by atoms with Crippen LogP contribution >= 0.6 is 0 Å². The lowest BCUT2D eigenvalue weighted by atomic mass is 10.1. The maximum Gasteiger partial charge on any atom is 0.411 e. The van der Waals surface area contributed by atoms with E-state index < -0.39 is 47.7 Å². The van der Waals surface area contributed by atoms with Crippen LogP contribution in [0.4, 0.5) is 4.79 Å². The highest BCUT2D eigenvalue weighted by Crippen LogP contribution is 2.41. The van der Waals surface area contributed by atoms with Crippen LogP contribution in [0.2, 0.25) is 0 Å². The topological polar surface area (TPSA) is 94.5 Å². The van der Waals surface area contributed by atoms with E-state index in [0.717, 1.165) is 0 Å². The minimum Gasteiger partial charge on any atom is -0.464 e. The Bertz CT molecular complexity index is 499. The summed E-state index contributed by atoms with van der Waals surface area (Å²) in [5, 5.41) is 9.80. The van der Waals surface area contributed by atoms with Crippen LogP contribution in [-0.4, -0.2) is 71.0 Å². The summed E-state index contributed by atoms with van der Waals surface area (Å²) in [7, 11) is 0. The number of likely N-dealkylation sites (tertiary alicyclic amines) is 1. The molecule has 0 saturated carbocycles. The van der Waals surface area contributed by atoms with Gasteiger partial charge < -0.3 is 24.1 Å². The number of aliphatic hydroxyl groups excluding tert-OH is 1. The van der Waals surface area contributed by atoms with Crippen molar-refractivity contribution < 1.29 is 33.6 Å². The van der Waals surface area contributed by atoms with E-state index >= 15 is 0 Å². The van der Waals surface area contributed by atoms with Gasteiger partial charge in [-0.15, -0.1) is 0 Å². The molecule has 8 heteroatoms. The number of nitrogens with zero attached hydrogens (tertiary/aromatic N) is 1. The number of aliphatic hydroxyl groups is 1. The Balaban J connectivity index is 2.27. The molecular formula is C16H27NO7. The molecule has 0 spiro atoms. The number of carbonyl (C=O) groups excluding carboxylic acids is 2. The molecule has 0 bridgehead atoms. The molecule has 2 aliphatic heterocycles. The van der Waals surface area contributed by atoms with Crippen molar-refractivity contribution in [1.29, 1.82) is 0 Å². The fraction of sp³-hybridized carbons (Fsp3) is 0.875. The van der Waals surface area contributed by atoms with E-state index in [-0.39, 0.29) is 13.2 Å². The zero-order valence-corrected chi connectivity index (χ0v) is 15.1. The minimum atomic E-state index is -0.836. The zero-order chi connectivity index (χ0) is 18.3. The van der Waals surface area contributed by atoms with Gasteiger partial charge in [-0.3, -0.25) is 9.69 Å². The molecule has 2 fully saturated rings. The largest absolute Gasteiger partial charge is 0.464 e. The summed E-state index contributed by atoms with van der Waals surface area (Å²) < 4.78 is 22.3. The first-order valence-electron chi connectivity index (χ1n) is 8.06. The first-order valence-corrected chi connectivity index (χ1v) is 8.06. The molecule has 138 valence electrons. The Morgan fingerprint density at radius 1 is 1.17 bits per heavy atom. The van der Waals surface area contributed by atoms with E-state index in [1.54, 1.807) is 34.6 Å². The Hall–Kier alpha value is -1.38. The summed E-state index contributed by atoms with van der Waals surface area (Å²) >= 11 is 0. The second-order valence-corrected chi connectivity index (χ2v) is 7.57. The van der Waals surface area contributed by atoms with Crippen molar-refractivity contribution in [2.45, 2.75) is 77.2 Å². The SMILES string of the molecule is CC(=O)OCC1C2OC(C)(C)OC2C(CO)N1C(=O)OC(C)(C)C. The first kappa shape index (κ1) is 19.0. The molecule has 4 unspecified atom stereocenters. The van der Waals surface area contributed by atoms with Crippen LogP contribution in [0, 0.1) is 0 Å². The molecule has 2 heterocycles. The van der Waals surface area contributed by atoms with Gasteiger partial charge in [0.15, 0.2) is 5.79 Å². The average Bonchev–Trinajstić information content (AvgIpc) is 2.84. The molecule has 0 aromatic carbocycles. The Morgan fingerprint density at radius 2 is 1.71 bits per heavy atom. The van der Waals surface area contributed by atoms with Gasteiger partial charge in [-0.05, 0) is 34.6 Å². The summed E-state index contributed by atoms with van der Waals surface area (Å²) in [4.78, 5) is 25.2. The minimum absolute atomic E-state index is 0.0499. The van der Waals surface area contributed by atoms with Crippen molar-refractivity contribution in [2.24, 2.45) is 0 Å². The molecule has 8 nitrogen and oxygen atoms in total. The molecule has 2 aliphatic rings. The summed E-state index contributed by atoms with van der Waals surface area (Å²) in [6.45, 7) is 9.74. The number of hydrogen-bond acceptors (Lipinski definition) is 7. The third-order valence-corrected chi connectivity index (χ3v) is 3.89. The van der Waals surface area contributed by atoms with Gasteiger partial charge in [-0.1, -0.05) is 0 Å². The fourth-order valence-electron chi connectivity index (χ4n) is 3.13. The van der Waals surface area contributed by atoms with Gasteiger partial charge in [0.05, 0.1) is 18.7 Å². The molecule has 0 aliphatic carbocycles. The first-order chi connectivity index (χ1) is 10.9. The summed E-state index contributed by atoms with van der Waals surface area (Å²) in [6, 6.07) is -1.22. The molecule has 0 aromatic heterocycles. The van der Waals surface area contributed by atoms with Gasteiger partial charge >= 0.3 is 12.1 Å². The van der Waals surface area contributed by atoms with Crippen molar-refractivity contribution in [1.82, 2.24) is 4.90 Å². The van der Waals surface area contributed by atoms with Crippen LogP contribution in [0.1, 0.15) is 41.5 Å². The third-order valence-electron chi connectivity index (χ3n) is 3.89. The van der Waals surface area contributed by atoms with Crippen molar-refractivity contribution in [2.75, 3.05) is 13.2 Å². The number of amides is 1. The predicted octanol–water partition coefficient (Wildman–Crippen LogP) is 1.05. The molecule has 1 N–H and O–H groups in total. The number of fused-ring (bicyclic) bond motifs is 1. The maximum atomic E-state index is 12.6. The average molecular weight is 345 g/mol. The monoisotopic (exact) mass is 345 g/mol. The third kappa shape index (κ3) is 3.99. The van der Waals surface area contributed by atoms with Crippen LogP contribution in [0.5, 0.6) is 0 Å². The maximum absolute atomic E-state index is 12.6. The van der Waals surface area contributed by atoms with Gasteiger partial charge in [-0.2, -0.15) is 0 Å². The predicted molar refractivity (Wildman–Crippen MR) is 83.2 cm³/mol. The number of rotatable bonds is 3. The molecule has 2 saturated heterocycles. The van der Waals surface area contributed by atoms with Crippen molar-refractivity contribution >= 4 is 12.1 Å². The zero-order valence-electron chi connectivity index (χ0n) is 15.1. The molecule has 24 heavy (non-hydrogen) atoms. The molecule has 2 rings (SSSR count). The van der Waals surface area contributed by atoms with E-state index in [1.807, 2.05) is 0 Å². The van der Waals surface area contributed by atoms with Crippen molar-refractivity contribution in [3.63, 3.8) is 0 Å². The Labute approximate surface area is 142 Å². The quantitative estimate of drug-likeness (QED) is 0.764. The van der Waals surface area contributed by atoms with E-state index in [1.165, 1.54) is 11.8 Å². The van der Waals surface area contributed by atoms with E-state index in [9.17, 15) is 14.7 Å². The number of esters is 1. The standard InChI is InChI=1S/C16H27NO7/c1-9(19)21-8-11-13-12(22-16(5,6)23-13)10(7-18)17(11)14(20)24-15(2,3)4/h10-13,18H,7-8H2,1-6H3. The molecule has 0 radical (unpaired) electrons. The number of carbonyl (C=O) groups is 2. The van der Waals surface area contributed by atoms with E-state index in [4.69, 9.17) is 18.9 Å². The second-order valence-electron chi connectivity index (χ2n) is 7.57. The molecular weight excluding hydrogens is 318 g/mol. The van der Waals surface area contributed by atoms with Gasteiger partial charge in [0.25, 0.3) is 0 Å². The van der Waals surface area contributed by atoms with Crippen LogP contribution in [0.15, 0.2) is 0 Å². The van der Waals surface area contributed by atoms with Crippen LogP contribution < -0.4 is 0 Å². The van der Waals surface area contributed by atoms with Crippen molar-refractivity contribution in [3.05, 3.63) is 0 Å². The summed E-state index contributed by atoms with van der Waals surface area (Å²) in [5.74, 6) is -1.29. The highest BCUT2D eigenvalue weighted by atomic mass is 16.8. The Morgan fingerprint density at radius 3 is 2.17 bits per heavy atom. The summed E-state index contributed by atoms with van der Waals surface area (Å²) in [6.07, 6.45) is -1.62. The van der Waals surface area contributed by atoms with E-state index in [2.05, 4.69) is 0 Å². The highest BCUT2D eigenvalue weighted by Gasteiger charge is 2.60. The lowest BCUT2D eigenvalue weighted by Gasteiger charge is -2.34. The van der Waals surface area contributed by atoms with Gasteiger partial charge in [0.2, 0.25) is 0 Å². The van der Waals surface area contributed by atoms with Crippen LogP contribution in [-0.2, 0) is 23.7 Å². The van der Waals surface area contributed by atoms with Crippen LogP contribution in [0.25, 0.3) is 0 Å². The molecule has 4 atom stereocenters. The number of hydrogen-bond donors (Lipinski definition) is 1. The van der Waals surface area contributed by atoms with Gasteiger partial charge in [-0.25, -0.2) is 4.79 Å². The lowest BCUT2D eigenvalue weighted by Crippen LogP contribution is -2.51. The van der Waals surface area contributed by atoms with E-state index in [0.29, 0.717) is 0 Å².